The number of para-hydroxylation sites is 1. The number of likely N-dealkylation sites (N-methyl/N-ethyl adjacent to an activating group) is 1. The van der Waals surface area contributed by atoms with Crippen LogP contribution in [0, 0.1) is 6.92 Å². The molecule has 0 saturated carbocycles. The van der Waals surface area contributed by atoms with E-state index < -0.39 is 6.04 Å². The molecule has 1 aliphatic rings. The summed E-state index contributed by atoms with van der Waals surface area (Å²) in [6.07, 6.45) is 0. The molecule has 2 heterocycles. The summed E-state index contributed by atoms with van der Waals surface area (Å²) >= 11 is 1.62. The summed E-state index contributed by atoms with van der Waals surface area (Å²) < 4.78 is 0. The zero-order valence-electron chi connectivity index (χ0n) is 14.4. The van der Waals surface area contributed by atoms with E-state index in [1.54, 1.807) is 30.2 Å². The zero-order chi connectivity index (χ0) is 18.0. The number of hydrogen-bond donors (Lipinski definition) is 1. The molecule has 3 rings (SSSR count). The van der Waals surface area contributed by atoms with Crippen LogP contribution in [0.5, 0.6) is 0 Å². The molecule has 2 aromatic rings. The predicted octanol–water partition coefficient (Wildman–Crippen LogP) is 2.35. The van der Waals surface area contributed by atoms with Gasteiger partial charge in [-0.25, -0.2) is 10.0 Å². The Bertz CT molecular complexity index is 815. The minimum Gasteiger partial charge on any atom is -0.334 e. The van der Waals surface area contributed by atoms with Gasteiger partial charge in [0.15, 0.2) is 0 Å². The van der Waals surface area contributed by atoms with E-state index in [-0.39, 0.29) is 17.6 Å². The molecule has 1 atom stereocenters. The summed E-state index contributed by atoms with van der Waals surface area (Å²) in [6.45, 7) is 4.23. The van der Waals surface area contributed by atoms with Gasteiger partial charge in [0.1, 0.15) is 6.04 Å². The first-order valence-corrected chi connectivity index (χ1v) is 8.87. The molecule has 0 spiro atoms. The maximum absolute atomic E-state index is 12.8. The van der Waals surface area contributed by atoms with Crippen LogP contribution >= 0.6 is 11.3 Å². The second-order valence-corrected chi connectivity index (χ2v) is 6.96. The average Bonchev–Trinajstić information content (AvgIpc) is 3.02. The van der Waals surface area contributed by atoms with Crippen LogP contribution in [-0.2, 0) is 16.1 Å². The first kappa shape index (κ1) is 17.2. The van der Waals surface area contributed by atoms with Crippen molar-refractivity contribution in [1.29, 1.82) is 0 Å². The largest absolute Gasteiger partial charge is 0.334 e. The Balaban J connectivity index is 1.79. The van der Waals surface area contributed by atoms with Crippen LogP contribution in [0.2, 0.25) is 0 Å². The van der Waals surface area contributed by atoms with Crippen molar-refractivity contribution in [2.75, 3.05) is 12.1 Å². The lowest BCUT2D eigenvalue weighted by atomic mass is 10.2. The SMILES string of the molecule is Cc1ccsc1CN(C)C(=O)C1=NC(C)C(=O)N(c2ccccc2)N1. The van der Waals surface area contributed by atoms with Crippen LogP contribution in [0.1, 0.15) is 17.4 Å². The van der Waals surface area contributed by atoms with Crippen LogP contribution in [0.4, 0.5) is 5.69 Å². The minimum atomic E-state index is -0.614. The van der Waals surface area contributed by atoms with E-state index in [0.717, 1.165) is 10.4 Å². The van der Waals surface area contributed by atoms with Gasteiger partial charge in [0.05, 0.1) is 12.2 Å². The lowest BCUT2D eigenvalue weighted by molar-refractivity contribution is -0.124. The number of nitrogens with one attached hydrogen (secondary N) is 1. The zero-order valence-corrected chi connectivity index (χ0v) is 15.2. The summed E-state index contributed by atoms with van der Waals surface area (Å²) in [6, 6.07) is 10.6. The van der Waals surface area contributed by atoms with E-state index >= 15 is 0 Å². The molecule has 2 amide bonds. The molecule has 1 aromatic heterocycles. The van der Waals surface area contributed by atoms with Crippen molar-refractivity contribution in [1.82, 2.24) is 10.3 Å². The van der Waals surface area contributed by atoms with E-state index in [2.05, 4.69) is 10.4 Å². The number of thiophene rings is 1. The number of aliphatic imine (C=N–C) groups is 1. The van der Waals surface area contributed by atoms with Crippen molar-refractivity contribution in [3.05, 3.63) is 52.2 Å². The van der Waals surface area contributed by atoms with Gasteiger partial charge in [-0.1, -0.05) is 18.2 Å². The normalized spacial score (nSPS) is 17.1. The highest BCUT2D eigenvalue weighted by atomic mass is 32.1. The van der Waals surface area contributed by atoms with E-state index in [1.165, 1.54) is 5.01 Å². The van der Waals surface area contributed by atoms with Crippen molar-refractivity contribution in [2.45, 2.75) is 26.4 Å². The molecular weight excluding hydrogens is 336 g/mol. The summed E-state index contributed by atoms with van der Waals surface area (Å²) in [4.78, 5) is 32.1. The lowest BCUT2D eigenvalue weighted by Crippen LogP contribution is -2.58. The van der Waals surface area contributed by atoms with Crippen molar-refractivity contribution < 1.29 is 9.59 Å². The highest BCUT2D eigenvalue weighted by molar-refractivity contribution is 7.10. The van der Waals surface area contributed by atoms with Crippen LogP contribution in [-0.4, -0.2) is 35.6 Å². The van der Waals surface area contributed by atoms with E-state index in [1.807, 2.05) is 48.7 Å². The van der Waals surface area contributed by atoms with E-state index in [4.69, 9.17) is 0 Å². The molecule has 1 aliphatic heterocycles. The summed E-state index contributed by atoms with van der Waals surface area (Å²) in [7, 11) is 1.74. The smallest absolute Gasteiger partial charge is 0.290 e. The molecule has 7 heteroatoms. The van der Waals surface area contributed by atoms with Gasteiger partial charge >= 0.3 is 0 Å². The molecule has 1 N–H and O–H groups in total. The van der Waals surface area contributed by atoms with Gasteiger partial charge in [0.25, 0.3) is 11.8 Å². The molecule has 130 valence electrons. The number of benzene rings is 1. The number of amides is 2. The van der Waals surface area contributed by atoms with Crippen LogP contribution in [0.15, 0.2) is 46.8 Å². The first-order valence-electron chi connectivity index (χ1n) is 7.99. The fourth-order valence-corrected chi connectivity index (χ4v) is 3.49. The fourth-order valence-electron chi connectivity index (χ4n) is 2.53. The maximum Gasteiger partial charge on any atom is 0.290 e. The number of aryl methyl sites for hydroxylation is 1. The molecule has 0 radical (unpaired) electrons. The predicted molar refractivity (Wildman–Crippen MR) is 99.5 cm³/mol. The number of carbonyl (C=O) groups excluding carboxylic acids is 2. The Kier molecular flexibility index (Phi) is 4.85. The Morgan fingerprint density at radius 1 is 1.32 bits per heavy atom. The number of carbonyl (C=O) groups is 2. The minimum absolute atomic E-state index is 0.174. The average molecular weight is 356 g/mol. The van der Waals surface area contributed by atoms with Gasteiger partial charge in [-0.2, -0.15) is 0 Å². The molecule has 6 nitrogen and oxygen atoms in total. The maximum atomic E-state index is 12.8. The van der Waals surface area contributed by atoms with Crippen molar-refractivity contribution in [2.24, 2.45) is 4.99 Å². The second kappa shape index (κ2) is 7.06. The molecular formula is C18H20N4O2S. The second-order valence-electron chi connectivity index (χ2n) is 5.96. The van der Waals surface area contributed by atoms with Crippen LogP contribution in [0.3, 0.4) is 0 Å². The standard InChI is InChI=1S/C18H20N4O2S/c1-12-9-10-25-15(12)11-21(3)18(24)16-19-13(2)17(23)22(20-16)14-7-5-4-6-8-14/h4-10,13H,11H2,1-3H3,(H,19,20). The molecule has 0 bridgehead atoms. The third-order valence-corrected chi connectivity index (χ3v) is 5.04. The topological polar surface area (TPSA) is 65.0 Å². The number of anilines is 1. The highest BCUT2D eigenvalue weighted by Crippen LogP contribution is 2.19. The third-order valence-electron chi connectivity index (χ3n) is 4.03. The van der Waals surface area contributed by atoms with Crippen LogP contribution < -0.4 is 10.4 Å². The summed E-state index contributed by atoms with van der Waals surface area (Å²) in [5.41, 5.74) is 4.71. The molecule has 1 aromatic carbocycles. The van der Waals surface area contributed by atoms with Gasteiger partial charge in [0, 0.05) is 11.9 Å². The quantitative estimate of drug-likeness (QED) is 0.915. The van der Waals surface area contributed by atoms with Gasteiger partial charge < -0.3 is 4.90 Å². The Morgan fingerprint density at radius 2 is 2.04 bits per heavy atom. The fraction of sp³-hybridized carbons (Fsp3) is 0.278. The number of amidine groups is 1. The van der Waals surface area contributed by atoms with Gasteiger partial charge in [-0.05, 0) is 43.0 Å². The number of hydrazine groups is 1. The molecule has 1 unspecified atom stereocenters. The van der Waals surface area contributed by atoms with Gasteiger partial charge in [-0.3, -0.25) is 15.0 Å². The summed E-state index contributed by atoms with van der Waals surface area (Å²) in [5, 5.41) is 3.40. The number of nitrogens with zero attached hydrogens (tertiary/aromatic N) is 3. The van der Waals surface area contributed by atoms with Crippen LogP contribution in [0.25, 0.3) is 0 Å². The molecule has 0 saturated heterocycles. The van der Waals surface area contributed by atoms with Gasteiger partial charge in [0.2, 0.25) is 5.84 Å². The lowest BCUT2D eigenvalue weighted by Gasteiger charge is -2.31. The molecule has 0 fully saturated rings. The first-order chi connectivity index (χ1) is 12.0. The van der Waals surface area contributed by atoms with E-state index in [0.29, 0.717) is 12.2 Å². The Morgan fingerprint density at radius 3 is 2.68 bits per heavy atom. The Hall–Kier alpha value is -2.67. The van der Waals surface area contributed by atoms with E-state index in [9.17, 15) is 9.59 Å². The number of rotatable bonds is 4. The monoisotopic (exact) mass is 356 g/mol. The van der Waals surface area contributed by atoms with Crippen molar-refractivity contribution in [3.8, 4) is 0 Å². The van der Waals surface area contributed by atoms with Crippen molar-refractivity contribution in [3.63, 3.8) is 0 Å². The highest BCUT2D eigenvalue weighted by Gasteiger charge is 2.31. The van der Waals surface area contributed by atoms with Crippen molar-refractivity contribution >= 4 is 34.7 Å². The summed E-state index contributed by atoms with van der Waals surface area (Å²) in [5.74, 6) is -0.264. The van der Waals surface area contributed by atoms with Gasteiger partial charge in [-0.15, -0.1) is 11.3 Å². The number of hydrogen-bond acceptors (Lipinski definition) is 5. The third kappa shape index (κ3) is 3.56. The molecule has 25 heavy (non-hydrogen) atoms. The Labute approximate surface area is 150 Å². The molecule has 0 aliphatic carbocycles.